The average molecular weight is 242 g/mol. The lowest BCUT2D eigenvalue weighted by Gasteiger charge is -2.09. The van der Waals surface area contributed by atoms with Crippen molar-refractivity contribution in [3.05, 3.63) is 32.2 Å². The first-order valence-electron chi connectivity index (χ1n) is 4.53. The first-order chi connectivity index (χ1) is 7.88. The van der Waals surface area contributed by atoms with Gasteiger partial charge in [0.15, 0.2) is 0 Å². The normalized spacial score (nSPS) is 10.0. The molecule has 1 N–H and O–H groups in total. The molecule has 0 unspecified atom stereocenters. The second-order valence-electron chi connectivity index (χ2n) is 3.24. The van der Waals surface area contributed by atoms with Crippen molar-refractivity contribution in [2.75, 3.05) is 7.11 Å². The van der Waals surface area contributed by atoms with Gasteiger partial charge in [-0.1, -0.05) is 0 Å². The highest BCUT2D eigenvalue weighted by molar-refractivity contribution is 5.67. The van der Waals surface area contributed by atoms with E-state index in [1.165, 1.54) is 20.1 Å². The van der Waals surface area contributed by atoms with E-state index in [2.05, 4.69) is 0 Å². The fourth-order valence-electron chi connectivity index (χ4n) is 1.38. The number of aromatic nitrogens is 1. The molecule has 0 saturated carbocycles. The topological polar surface area (TPSA) is 112 Å². The summed E-state index contributed by atoms with van der Waals surface area (Å²) in [6.07, 6.45) is 0. The fraction of sp³-hybridized carbons (Fsp3) is 0.333. The van der Waals surface area contributed by atoms with Crippen LogP contribution in [0.25, 0.3) is 0 Å². The van der Waals surface area contributed by atoms with Gasteiger partial charge in [-0.25, -0.2) is 0 Å². The molecule has 1 rings (SSSR count). The van der Waals surface area contributed by atoms with Crippen molar-refractivity contribution < 1.29 is 19.6 Å². The minimum absolute atomic E-state index is 0.181. The minimum atomic E-state index is -1.25. The zero-order valence-corrected chi connectivity index (χ0v) is 9.17. The Bertz CT molecular complexity index is 533. The van der Waals surface area contributed by atoms with Gasteiger partial charge < -0.3 is 9.84 Å². The molecule has 92 valence electrons. The van der Waals surface area contributed by atoms with Gasteiger partial charge in [-0.3, -0.25) is 24.3 Å². The summed E-state index contributed by atoms with van der Waals surface area (Å²) < 4.78 is 5.53. The molecule has 8 nitrogen and oxygen atoms in total. The van der Waals surface area contributed by atoms with Crippen molar-refractivity contribution in [2.45, 2.75) is 13.5 Å². The Labute approximate surface area is 95.2 Å². The molecule has 17 heavy (non-hydrogen) atoms. The third-order valence-corrected chi connectivity index (χ3v) is 2.14. The van der Waals surface area contributed by atoms with Gasteiger partial charge in [0, 0.05) is 11.8 Å². The van der Waals surface area contributed by atoms with Gasteiger partial charge >= 0.3 is 17.2 Å². The van der Waals surface area contributed by atoms with Gasteiger partial charge in [0.25, 0.3) is 0 Å². The largest absolute Gasteiger partial charge is 0.490 e. The van der Waals surface area contributed by atoms with Crippen molar-refractivity contribution in [2.24, 2.45) is 0 Å². The predicted octanol–water partition coefficient (Wildman–Crippen LogP) is 0.158. The molecule has 0 atom stereocenters. The molecule has 0 amide bonds. The predicted molar refractivity (Wildman–Crippen MR) is 56.3 cm³/mol. The Kier molecular flexibility index (Phi) is 3.46. The summed E-state index contributed by atoms with van der Waals surface area (Å²) in [6, 6.07) is 1.25. The quantitative estimate of drug-likeness (QED) is 0.594. The van der Waals surface area contributed by atoms with Crippen LogP contribution in [-0.4, -0.2) is 27.7 Å². The standard InChI is InChI=1S/C9H10N2O6/c1-5-3-6(17-2)8(11(15)16)9(14)10(5)4-7(12)13/h3H,4H2,1-2H3,(H,12,13). The zero-order valence-electron chi connectivity index (χ0n) is 9.17. The number of pyridine rings is 1. The highest BCUT2D eigenvalue weighted by atomic mass is 16.6. The number of carboxylic acid groups (broad SMARTS) is 1. The van der Waals surface area contributed by atoms with Crippen molar-refractivity contribution in [1.29, 1.82) is 0 Å². The number of hydrogen-bond donors (Lipinski definition) is 1. The lowest BCUT2D eigenvalue weighted by Crippen LogP contribution is -2.28. The number of rotatable bonds is 4. The minimum Gasteiger partial charge on any atom is -0.490 e. The number of carboxylic acids is 1. The van der Waals surface area contributed by atoms with E-state index < -0.39 is 28.7 Å². The van der Waals surface area contributed by atoms with Crippen molar-refractivity contribution in [3.8, 4) is 5.75 Å². The molecule has 0 spiro atoms. The summed E-state index contributed by atoms with van der Waals surface area (Å²) in [4.78, 5) is 32.1. The molecule has 0 aromatic carbocycles. The molecule has 8 heteroatoms. The van der Waals surface area contributed by atoms with E-state index >= 15 is 0 Å². The Morgan fingerprint density at radius 1 is 1.65 bits per heavy atom. The number of methoxy groups -OCH3 is 1. The highest BCUT2D eigenvalue weighted by Gasteiger charge is 2.24. The van der Waals surface area contributed by atoms with Crippen LogP contribution in [0, 0.1) is 17.0 Å². The molecular formula is C9H10N2O6. The molecule has 0 aliphatic heterocycles. The summed E-state index contributed by atoms with van der Waals surface area (Å²) >= 11 is 0. The smallest absolute Gasteiger partial charge is 0.375 e. The molecule has 0 saturated heterocycles. The molecule has 1 aromatic heterocycles. The molecule has 0 aliphatic rings. The highest BCUT2D eigenvalue weighted by Crippen LogP contribution is 2.23. The monoisotopic (exact) mass is 242 g/mol. The zero-order chi connectivity index (χ0) is 13.2. The number of nitrogens with zero attached hydrogens (tertiary/aromatic N) is 2. The van der Waals surface area contributed by atoms with Crippen LogP contribution < -0.4 is 10.3 Å². The van der Waals surface area contributed by atoms with E-state index in [1.807, 2.05) is 0 Å². The molecule has 0 aliphatic carbocycles. The van der Waals surface area contributed by atoms with Gasteiger partial charge in [0.1, 0.15) is 6.54 Å². The number of nitro groups is 1. The Morgan fingerprint density at radius 3 is 2.65 bits per heavy atom. The lowest BCUT2D eigenvalue weighted by molar-refractivity contribution is -0.387. The Hall–Kier alpha value is -2.38. The average Bonchev–Trinajstić information content (AvgIpc) is 2.22. The maximum atomic E-state index is 11.7. The Balaban J connectivity index is 3.54. The van der Waals surface area contributed by atoms with E-state index in [1.54, 1.807) is 0 Å². The third-order valence-electron chi connectivity index (χ3n) is 2.14. The van der Waals surface area contributed by atoms with E-state index in [4.69, 9.17) is 9.84 Å². The molecule has 1 heterocycles. The second-order valence-corrected chi connectivity index (χ2v) is 3.24. The third kappa shape index (κ3) is 2.41. The maximum Gasteiger partial charge on any atom is 0.375 e. The van der Waals surface area contributed by atoms with Crippen LogP contribution in [0.3, 0.4) is 0 Å². The van der Waals surface area contributed by atoms with Crippen LogP contribution in [-0.2, 0) is 11.3 Å². The summed E-state index contributed by atoms with van der Waals surface area (Å²) in [5.41, 5.74) is -1.48. The van der Waals surface area contributed by atoms with Crippen LogP contribution in [0.4, 0.5) is 5.69 Å². The summed E-state index contributed by atoms with van der Waals surface area (Å²) in [5, 5.41) is 19.3. The van der Waals surface area contributed by atoms with Crippen LogP contribution in [0.15, 0.2) is 10.9 Å². The Morgan fingerprint density at radius 2 is 2.24 bits per heavy atom. The van der Waals surface area contributed by atoms with Gasteiger partial charge in [0.2, 0.25) is 5.75 Å². The fourth-order valence-corrected chi connectivity index (χ4v) is 1.38. The van der Waals surface area contributed by atoms with Crippen LogP contribution >= 0.6 is 0 Å². The van der Waals surface area contributed by atoms with Gasteiger partial charge in [-0.05, 0) is 6.92 Å². The maximum absolute atomic E-state index is 11.7. The van der Waals surface area contributed by atoms with Crippen molar-refractivity contribution >= 4 is 11.7 Å². The number of aryl methyl sites for hydroxylation is 1. The molecule has 0 bridgehead atoms. The molecular weight excluding hydrogens is 232 g/mol. The van der Waals surface area contributed by atoms with Gasteiger partial charge in [-0.15, -0.1) is 0 Å². The number of hydrogen-bond acceptors (Lipinski definition) is 5. The second kappa shape index (κ2) is 4.64. The van der Waals surface area contributed by atoms with Gasteiger partial charge in [-0.2, -0.15) is 0 Å². The summed E-state index contributed by atoms with van der Waals surface area (Å²) in [7, 11) is 1.20. The van der Waals surface area contributed by atoms with E-state index in [0.29, 0.717) is 0 Å². The molecule has 1 aromatic rings. The van der Waals surface area contributed by atoms with E-state index in [9.17, 15) is 19.7 Å². The summed E-state index contributed by atoms with van der Waals surface area (Å²) in [5.74, 6) is -1.44. The van der Waals surface area contributed by atoms with E-state index in [-0.39, 0.29) is 11.4 Å². The van der Waals surface area contributed by atoms with Gasteiger partial charge in [0.05, 0.1) is 12.0 Å². The first-order valence-corrected chi connectivity index (χ1v) is 4.53. The van der Waals surface area contributed by atoms with Crippen LogP contribution in [0.2, 0.25) is 0 Å². The van der Waals surface area contributed by atoms with Crippen LogP contribution in [0.1, 0.15) is 5.69 Å². The number of ether oxygens (including phenoxy) is 1. The van der Waals surface area contributed by atoms with Crippen molar-refractivity contribution in [1.82, 2.24) is 4.57 Å². The SMILES string of the molecule is COc1cc(C)n(CC(=O)O)c(=O)c1[N+](=O)[O-]. The number of aliphatic carboxylic acids is 1. The van der Waals surface area contributed by atoms with Crippen molar-refractivity contribution in [3.63, 3.8) is 0 Å². The first kappa shape index (κ1) is 12.7. The molecule has 0 radical (unpaired) electrons. The van der Waals surface area contributed by atoms with E-state index in [0.717, 1.165) is 4.57 Å². The lowest BCUT2D eigenvalue weighted by atomic mass is 10.3. The van der Waals surface area contributed by atoms with Crippen LogP contribution in [0.5, 0.6) is 5.75 Å². The molecule has 0 fully saturated rings. The summed E-state index contributed by atoms with van der Waals surface area (Å²) in [6.45, 7) is 0.839. The number of carbonyl (C=O) groups is 1.